The SMILES string of the molecule is Cc1ccc(/C=C/C(=O)Nc2ccc(S(N)(=O)=O)cc2)cc1Cl. The summed E-state index contributed by atoms with van der Waals surface area (Å²) in [6, 6.07) is 11.1. The van der Waals surface area contributed by atoms with E-state index in [2.05, 4.69) is 5.32 Å². The summed E-state index contributed by atoms with van der Waals surface area (Å²) < 4.78 is 22.3. The second kappa shape index (κ2) is 6.95. The average Bonchev–Trinajstić information content (AvgIpc) is 2.48. The van der Waals surface area contributed by atoms with Crippen LogP contribution in [0.4, 0.5) is 5.69 Å². The largest absolute Gasteiger partial charge is 0.323 e. The number of primary sulfonamides is 1. The molecule has 0 bridgehead atoms. The molecule has 0 radical (unpaired) electrons. The Morgan fingerprint density at radius 3 is 2.39 bits per heavy atom. The second-order valence-corrected chi connectivity index (χ2v) is 6.87. The molecule has 2 rings (SSSR count). The summed E-state index contributed by atoms with van der Waals surface area (Å²) in [5, 5.41) is 8.26. The molecule has 0 aliphatic carbocycles. The van der Waals surface area contributed by atoms with Gasteiger partial charge in [0.15, 0.2) is 0 Å². The van der Waals surface area contributed by atoms with E-state index < -0.39 is 10.0 Å². The maximum atomic E-state index is 11.8. The highest BCUT2D eigenvalue weighted by Crippen LogP contribution is 2.17. The van der Waals surface area contributed by atoms with Gasteiger partial charge < -0.3 is 5.32 Å². The fraction of sp³-hybridized carbons (Fsp3) is 0.0625. The second-order valence-electron chi connectivity index (χ2n) is 4.90. The molecular weight excluding hydrogens is 336 g/mol. The molecule has 0 atom stereocenters. The minimum absolute atomic E-state index is 0.0136. The van der Waals surface area contributed by atoms with E-state index in [1.807, 2.05) is 19.1 Å². The lowest BCUT2D eigenvalue weighted by Crippen LogP contribution is -2.12. The monoisotopic (exact) mass is 350 g/mol. The number of halogens is 1. The Kier molecular flexibility index (Phi) is 5.20. The maximum absolute atomic E-state index is 11.8. The Hall–Kier alpha value is -2.15. The van der Waals surface area contributed by atoms with Crippen LogP contribution in [0.3, 0.4) is 0 Å². The molecule has 0 saturated heterocycles. The normalized spacial score (nSPS) is 11.6. The quantitative estimate of drug-likeness (QED) is 0.831. The summed E-state index contributed by atoms with van der Waals surface area (Å²) in [6.07, 6.45) is 3.01. The van der Waals surface area contributed by atoms with Gasteiger partial charge in [0.1, 0.15) is 0 Å². The van der Waals surface area contributed by atoms with E-state index in [9.17, 15) is 13.2 Å². The van der Waals surface area contributed by atoms with Crippen molar-refractivity contribution in [2.75, 3.05) is 5.32 Å². The number of aryl methyl sites for hydroxylation is 1. The van der Waals surface area contributed by atoms with E-state index in [-0.39, 0.29) is 10.8 Å². The number of nitrogens with two attached hydrogens (primary N) is 1. The van der Waals surface area contributed by atoms with Crippen molar-refractivity contribution >= 4 is 39.3 Å². The van der Waals surface area contributed by atoms with Crippen molar-refractivity contribution < 1.29 is 13.2 Å². The van der Waals surface area contributed by atoms with E-state index in [1.165, 1.54) is 30.3 Å². The number of benzene rings is 2. The lowest BCUT2D eigenvalue weighted by atomic mass is 10.1. The van der Waals surface area contributed by atoms with Crippen LogP contribution in [0, 0.1) is 6.92 Å². The van der Waals surface area contributed by atoms with Gasteiger partial charge in [-0.25, -0.2) is 13.6 Å². The van der Waals surface area contributed by atoms with Gasteiger partial charge in [0.25, 0.3) is 0 Å². The van der Waals surface area contributed by atoms with E-state index >= 15 is 0 Å². The highest BCUT2D eigenvalue weighted by molar-refractivity contribution is 7.89. The molecule has 0 saturated carbocycles. The lowest BCUT2D eigenvalue weighted by molar-refractivity contribution is -0.111. The van der Waals surface area contributed by atoms with Gasteiger partial charge in [-0.2, -0.15) is 0 Å². The highest BCUT2D eigenvalue weighted by atomic mass is 35.5. The number of carbonyl (C=O) groups is 1. The van der Waals surface area contributed by atoms with Crippen molar-refractivity contribution in [3.05, 3.63) is 64.7 Å². The Balaban J connectivity index is 2.04. The van der Waals surface area contributed by atoms with E-state index in [1.54, 1.807) is 12.1 Å². The molecule has 5 nitrogen and oxygen atoms in total. The van der Waals surface area contributed by atoms with Crippen molar-refractivity contribution in [2.24, 2.45) is 5.14 Å². The van der Waals surface area contributed by atoms with Crippen molar-refractivity contribution in [3.63, 3.8) is 0 Å². The van der Waals surface area contributed by atoms with E-state index in [4.69, 9.17) is 16.7 Å². The number of anilines is 1. The maximum Gasteiger partial charge on any atom is 0.248 e. The zero-order valence-corrected chi connectivity index (χ0v) is 13.9. The summed E-state index contributed by atoms with van der Waals surface area (Å²) in [5.41, 5.74) is 2.23. The predicted molar refractivity (Wildman–Crippen MR) is 91.7 cm³/mol. The Morgan fingerprint density at radius 2 is 1.83 bits per heavy atom. The fourth-order valence-corrected chi connectivity index (χ4v) is 2.50. The van der Waals surface area contributed by atoms with E-state index in [0.29, 0.717) is 10.7 Å². The van der Waals surface area contributed by atoms with Crippen LogP contribution >= 0.6 is 11.6 Å². The lowest BCUT2D eigenvalue weighted by Gasteiger charge is -2.03. The number of hydrogen-bond donors (Lipinski definition) is 2. The first-order valence-electron chi connectivity index (χ1n) is 6.64. The van der Waals surface area contributed by atoms with Crippen LogP contribution in [0.1, 0.15) is 11.1 Å². The van der Waals surface area contributed by atoms with Gasteiger partial charge in [0, 0.05) is 16.8 Å². The molecule has 0 spiro atoms. The topological polar surface area (TPSA) is 89.3 Å². The number of carbonyl (C=O) groups excluding carboxylic acids is 1. The van der Waals surface area contributed by atoms with Crippen LogP contribution in [0.2, 0.25) is 5.02 Å². The zero-order valence-electron chi connectivity index (χ0n) is 12.3. The van der Waals surface area contributed by atoms with Gasteiger partial charge in [0.05, 0.1) is 4.90 Å². The standard InChI is InChI=1S/C16H15ClN2O3S/c1-11-2-3-12(10-15(11)17)4-9-16(20)19-13-5-7-14(8-6-13)23(18,21)22/h2-10H,1H3,(H,19,20)(H2,18,21,22)/b9-4+. The Labute approximate surface area is 139 Å². The van der Waals surface area contributed by atoms with Gasteiger partial charge >= 0.3 is 0 Å². The molecule has 2 aromatic rings. The third-order valence-corrected chi connectivity index (χ3v) is 4.41. The summed E-state index contributed by atoms with van der Waals surface area (Å²) in [7, 11) is -3.74. The molecule has 0 aromatic heterocycles. The minimum atomic E-state index is -3.74. The molecule has 23 heavy (non-hydrogen) atoms. The number of nitrogens with one attached hydrogen (secondary N) is 1. The van der Waals surface area contributed by atoms with Crippen molar-refractivity contribution in [1.82, 2.24) is 0 Å². The molecule has 0 aliphatic rings. The molecule has 0 aliphatic heterocycles. The zero-order chi connectivity index (χ0) is 17.0. The van der Waals surface area contributed by atoms with Gasteiger partial charge in [-0.3, -0.25) is 4.79 Å². The van der Waals surface area contributed by atoms with Crippen LogP contribution in [0.25, 0.3) is 6.08 Å². The van der Waals surface area contributed by atoms with Crippen molar-refractivity contribution in [1.29, 1.82) is 0 Å². The third-order valence-electron chi connectivity index (χ3n) is 3.07. The van der Waals surface area contributed by atoms with Gasteiger partial charge in [-0.1, -0.05) is 23.7 Å². The molecule has 0 heterocycles. The van der Waals surface area contributed by atoms with Crippen LogP contribution in [0.5, 0.6) is 0 Å². The van der Waals surface area contributed by atoms with Gasteiger partial charge in [0.2, 0.25) is 15.9 Å². The predicted octanol–water partition coefficient (Wildman–Crippen LogP) is 2.95. The molecule has 3 N–H and O–H groups in total. The number of hydrogen-bond acceptors (Lipinski definition) is 3. The minimum Gasteiger partial charge on any atom is -0.323 e. The van der Waals surface area contributed by atoms with Gasteiger partial charge in [-0.15, -0.1) is 0 Å². The number of rotatable bonds is 4. The molecule has 7 heteroatoms. The molecule has 0 fully saturated rings. The molecule has 1 amide bonds. The summed E-state index contributed by atoms with van der Waals surface area (Å²) in [4.78, 5) is 11.8. The number of amides is 1. The van der Waals surface area contributed by atoms with Gasteiger partial charge in [-0.05, 0) is 54.5 Å². The summed E-state index contributed by atoms with van der Waals surface area (Å²) in [5.74, 6) is -0.343. The highest BCUT2D eigenvalue weighted by Gasteiger charge is 2.07. The van der Waals surface area contributed by atoms with Crippen molar-refractivity contribution in [3.8, 4) is 0 Å². The first-order chi connectivity index (χ1) is 10.8. The smallest absolute Gasteiger partial charge is 0.248 e. The summed E-state index contributed by atoms with van der Waals surface area (Å²) in [6.45, 7) is 1.90. The number of sulfonamides is 1. The fourth-order valence-electron chi connectivity index (χ4n) is 1.80. The van der Waals surface area contributed by atoms with E-state index in [0.717, 1.165) is 11.1 Å². The molecular formula is C16H15ClN2O3S. The molecule has 120 valence electrons. The van der Waals surface area contributed by atoms with Crippen LogP contribution in [-0.2, 0) is 14.8 Å². The molecule has 2 aromatic carbocycles. The average molecular weight is 351 g/mol. The van der Waals surface area contributed by atoms with Crippen LogP contribution in [0.15, 0.2) is 53.4 Å². The Morgan fingerprint density at radius 1 is 1.17 bits per heavy atom. The Bertz CT molecular complexity index is 859. The third kappa shape index (κ3) is 4.92. The first-order valence-corrected chi connectivity index (χ1v) is 8.56. The van der Waals surface area contributed by atoms with Crippen LogP contribution < -0.4 is 10.5 Å². The summed E-state index contributed by atoms with van der Waals surface area (Å²) >= 11 is 6.02. The van der Waals surface area contributed by atoms with Crippen LogP contribution in [-0.4, -0.2) is 14.3 Å². The van der Waals surface area contributed by atoms with Crippen molar-refractivity contribution in [2.45, 2.75) is 11.8 Å². The first kappa shape index (κ1) is 17.2. The molecule has 0 unspecified atom stereocenters.